The highest BCUT2D eigenvalue weighted by Crippen LogP contribution is 2.27. The van der Waals surface area contributed by atoms with Gasteiger partial charge >= 0.3 is 5.97 Å². The number of nitrogens with zero attached hydrogens (tertiary/aromatic N) is 3. The van der Waals surface area contributed by atoms with E-state index in [9.17, 15) is 9.59 Å². The number of hydrogen-bond donors (Lipinski definition) is 0. The number of rotatable bonds is 2. The normalized spacial score (nSPS) is 10.9. The molecule has 0 aliphatic heterocycles. The van der Waals surface area contributed by atoms with Gasteiger partial charge in [0.1, 0.15) is 16.0 Å². The third-order valence-corrected chi connectivity index (χ3v) is 4.22. The van der Waals surface area contributed by atoms with Gasteiger partial charge in [0.25, 0.3) is 5.56 Å². The van der Waals surface area contributed by atoms with Gasteiger partial charge in [-0.15, -0.1) is 11.3 Å². The van der Waals surface area contributed by atoms with E-state index >= 15 is 0 Å². The van der Waals surface area contributed by atoms with Crippen molar-refractivity contribution >= 4 is 27.5 Å². The lowest BCUT2D eigenvalue weighted by atomic mass is 10.2. The van der Waals surface area contributed by atoms with Crippen LogP contribution in [-0.4, -0.2) is 27.4 Å². The number of carbonyl (C=O) groups excluding carboxylic acids is 1. The Balaban J connectivity index is 2.31. The van der Waals surface area contributed by atoms with Gasteiger partial charge in [-0.1, -0.05) is 0 Å². The standard InChI is InChI=1S/C13H11N3O3S/c1-8-9-11(20-10(8)13(18)19-2)14-7-16(12(9)17)15-5-3-4-6-15/h3-7H,1-2H3. The Morgan fingerprint density at radius 3 is 2.70 bits per heavy atom. The van der Waals surface area contributed by atoms with Gasteiger partial charge in [0.2, 0.25) is 0 Å². The summed E-state index contributed by atoms with van der Waals surface area (Å²) in [5.41, 5.74) is 0.394. The highest BCUT2D eigenvalue weighted by Gasteiger charge is 2.19. The lowest BCUT2D eigenvalue weighted by molar-refractivity contribution is 0.0605. The zero-order valence-electron chi connectivity index (χ0n) is 10.9. The van der Waals surface area contributed by atoms with Crippen LogP contribution in [0.4, 0.5) is 0 Å². The summed E-state index contributed by atoms with van der Waals surface area (Å²) in [6, 6.07) is 3.63. The molecule has 3 aromatic heterocycles. The summed E-state index contributed by atoms with van der Waals surface area (Å²) in [6.45, 7) is 1.73. The summed E-state index contributed by atoms with van der Waals surface area (Å²) in [4.78, 5) is 29.4. The Kier molecular flexibility index (Phi) is 2.90. The number of ether oxygens (including phenoxy) is 1. The van der Waals surface area contributed by atoms with Crippen molar-refractivity contribution in [1.29, 1.82) is 0 Å². The Morgan fingerprint density at radius 2 is 2.05 bits per heavy atom. The van der Waals surface area contributed by atoms with Gasteiger partial charge in [0.15, 0.2) is 0 Å². The quantitative estimate of drug-likeness (QED) is 0.673. The first-order valence-corrected chi connectivity index (χ1v) is 6.68. The lowest BCUT2D eigenvalue weighted by Crippen LogP contribution is -2.25. The van der Waals surface area contributed by atoms with E-state index in [0.717, 1.165) is 0 Å². The van der Waals surface area contributed by atoms with Gasteiger partial charge in [0.05, 0.1) is 12.5 Å². The Labute approximate surface area is 117 Å². The maximum atomic E-state index is 12.5. The van der Waals surface area contributed by atoms with Crippen molar-refractivity contribution in [1.82, 2.24) is 14.3 Å². The van der Waals surface area contributed by atoms with Crippen LogP contribution in [0.15, 0.2) is 35.6 Å². The zero-order chi connectivity index (χ0) is 14.3. The minimum Gasteiger partial charge on any atom is -0.465 e. The van der Waals surface area contributed by atoms with Crippen LogP contribution in [0, 0.1) is 6.92 Å². The van der Waals surface area contributed by atoms with Gasteiger partial charge < -0.3 is 4.74 Å². The first-order valence-electron chi connectivity index (χ1n) is 5.86. The monoisotopic (exact) mass is 289 g/mol. The smallest absolute Gasteiger partial charge is 0.348 e. The Hall–Kier alpha value is -2.41. The van der Waals surface area contributed by atoms with E-state index in [2.05, 4.69) is 4.98 Å². The van der Waals surface area contributed by atoms with Crippen LogP contribution in [0.5, 0.6) is 0 Å². The van der Waals surface area contributed by atoms with Crippen molar-refractivity contribution < 1.29 is 9.53 Å². The molecule has 0 fully saturated rings. The molecule has 6 nitrogen and oxygen atoms in total. The summed E-state index contributed by atoms with van der Waals surface area (Å²) < 4.78 is 7.74. The minimum atomic E-state index is -0.447. The second-order valence-corrected chi connectivity index (χ2v) is 5.18. The van der Waals surface area contributed by atoms with Crippen LogP contribution in [0.25, 0.3) is 10.2 Å². The SMILES string of the molecule is COC(=O)c1sc2ncn(-n3cccc3)c(=O)c2c1C. The van der Waals surface area contributed by atoms with Crippen LogP contribution >= 0.6 is 11.3 Å². The van der Waals surface area contributed by atoms with Gasteiger partial charge in [0, 0.05) is 12.4 Å². The molecule has 0 aromatic carbocycles. The summed E-state index contributed by atoms with van der Waals surface area (Å²) >= 11 is 1.17. The molecule has 0 N–H and O–H groups in total. The predicted molar refractivity (Wildman–Crippen MR) is 75.2 cm³/mol. The molecule has 0 aliphatic carbocycles. The van der Waals surface area contributed by atoms with E-state index in [1.807, 2.05) is 12.1 Å². The molecule has 0 radical (unpaired) electrons. The molecule has 3 heterocycles. The van der Waals surface area contributed by atoms with Crippen LogP contribution in [0.2, 0.25) is 0 Å². The molecular weight excluding hydrogens is 278 g/mol. The number of carbonyl (C=O) groups is 1. The van der Waals surface area contributed by atoms with Gasteiger partial charge in [-0.25, -0.2) is 14.5 Å². The van der Waals surface area contributed by atoms with Gasteiger partial charge in [-0.3, -0.25) is 9.47 Å². The third kappa shape index (κ3) is 1.75. The average Bonchev–Trinajstić information content (AvgIpc) is 3.07. The first kappa shape index (κ1) is 12.6. The fourth-order valence-electron chi connectivity index (χ4n) is 2.04. The van der Waals surface area contributed by atoms with Crippen LogP contribution in [-0.2, 0) is 4.74 Å². The van der Waals surface area contributed by atoms with E-state index < -0.39 is 5.97 Å². The van der Waals surface area contributed by atoms with E-state index in [4.69, 9.17) is 4.74 Å². The van der Waals surface area contributed by atoms with Crippen molar-refractivity contribution in [3.63, 3.8) is 0 Å². The third-order valence-electron chi connectivity index (χ3n) is 3.04. The second-order valence-electron chi connectivity index (χ2n) is 4.19. The van der Waals surface area contributed by atoms with Crippen molar-refractivity contribution in [3.05, 3.63) is 51.6 Å². The molecule has 7 heteroatoms. The van der Waals surface area contributed by atoms with Crippen molar-refractivity contribution in [2.24, 2.45) is 0 Å². The fraction of sp³-hybridized carbons (Fsp3) is 0.154. The molecule has 20 heavy (non-hydrogen) atoms. The zero-order valence-corrected chi connectivity index (χ0v) is 11.7. The molecule has 0 aliphatic rings. The van der Waals surface area contributed by atoms with E-state index in [0.29, 0.717) is 20.7 Å². The Bertz CT molecular complexity index is 846. The molecule has 0 atom stereocenters. The molecule has 0 saturated heterocycles. The summed E-state index contributed by atoms with van der Waals surface area (Å²) in [5.74, 6) is -0.447. The van der Waals surface area contributed by atoms with Crippen LogP contribution in [0.3, 0.4) is 0 Å². The number of fused-ring (bicyclic) bond motifs is 1. The Morgan fingerprint density at radius 1 is 1.35 bits per heavy atom. The molecule has 0 spiro atoms. The summed E-state index contributed by atoms with van der Waals surface area (Å²) in [7, 11) is 1.32. The largest absolute Gasteiger partial charge is 0.465 e. The minimum absolute atomic E-state index is 0.213. The molecule has 0 unspecified atom stereocenters. The lowest BCUT2D eigenvalue weighted by Gasteiger charge is -2.05. The van der Waals surface area contributed by atoms with Crippen molar-refractivity contribution in [3.8, 4) is 0 Å². The summed E-state index contributed by atoms with van der Waals surface area (Å²) in [5, 5.41) is 0.451. The first-order chi connectivity index (χ1) is 9.63. The van der Waals surface area contributed by atoms with E-state index in [1.165, 1.54) is 29.5 Å². The topological polar surface area (TPSA) is 66.1 Å². The molecular formula is C13H11N3O3S. The van der Waals surface area contributed by atoms with Crippen molar-refractivity contribution in [2.45, 2.75) is 6.92 Å². The molecule has 0 bridgehead atoms. The fourth-order valence-corrected chi connectivity index (χ4v) is 3.09. The number of aryl methyl sites for hydroxylation is 1. The van der Waals surface area contributed by atoms with Gasteiger partial charge in [-0.2, -0.15) is 0 Å². The van der Waals surface area contributed by atoms with E-state index in [1.54, 1.807) is 24.0 Å². The number of methoxy groups -OCH3 is 1. The summed E-state index contributed by atoms with van der Waals surface area (Å²) in [6.07, 6.45) is 4.94. The number of aromatic nitrogens is 3. The second kappa shape index (κ2) is 4.61. The molecule has 3 rings (SSSR count). The highest BCUT2D eigenvalue weighted by molar-refractivity contribution is 7.20. The molecule has 3 aromatic rings. The molecule has 0 saturated carbocycles. The van der Waals surface area contributed by atoms with Crippen molar-refractivity contribution in [2.75, 3.05) is 7.11 Å². The van der Waals surface area contributed by atoms with E-state index in [-0.39, 0.29) is 5.56 Å². The van der Waals surface area contributed by atoms with Gasteiger partial charge in [-0.05, 0) is 24.6 Å². The molecule has 102 valence electrons. The highest BCUT2D eigenvalue weighted by atomic mass is 32.1. The maximum absolute atomic E-state index is 12.5. The number of thiophene rings is 1. The number of hydrogen-bond acceptors (Lipinski definition) is 5. The predicted octanol–water partition coefficient (Wildman–Crippen LogP) is 1.67. The molecule has 0 amide bonds. The maximum Gasteiger partial charge on any atom is 0.348 e. The van der Waals surface area contributed by atoms with Crippen LogP contribution in [0.1, 0.15) is 15.2 Å². The van der Waals surface area contributed by atoms with Crippen LogP contribution < -0.4 is 5.56 Å². The number of esters is 1. The average molecular weight is 289 g/mol.